The molecule has 0 aromatic rings. The first kappa shape index (κ1) is 14.3. The molecule has 4 unspecified atom stereocenters. The van der Waals surface area contributed by atoms with E-state index in [0.29, 0.717) is 12.5 Å². The van der Waals surface area contributed by atoms with Gasteiger partial charge in [0.1, 0.15) is 6.04 Å². The van der Waals surface area contributed by atoms with Crippen molar-refractivity contribution >= 4 is 11.8 Å². The number of hydrogen-bond donors (Lipinski definition) is 1. The molecule has 0 saturated carbocycles. The van der Waals surface area contributed by atoms with Gasteiger partial charge in [0, 0.05) is 19.1 Å². The van der Waals surface area contributed by atoms with Gasteiger partial charge >= 0.3 is 0 Å². The number of carbonyl (C=O) groups is 2. The third-order valence-corrected chi connectivity index (χ3v) is 4.43. The van der Waals surface area contributed by atoms with Gasteiger partial charge in [0.2, 0.25) is 11.8 Å². The normalized spacial score (nSPS) is 33.4. The van der Waals surface area contributed by atoms with Crippen LogP contribution in [-0.4, -0.2) is 48.6 Å². The molecular formula is C14H24N2O3. The van der Waals surface area contributed by atoms with Crippen molar-refractivity contribution in [2.45, 2.75) is 45.8 Å². The number of nitrogens with zero attached hydrogens (tertiary/aromatic N) is 1. The Balaban J connectivity index is 2.02. The molecule has 19 heavy (non-hydrogen) atoms. The van der Waals surface area contributed by atoms with E-state index in [1.807, 2.05) is 20.8 Å². The summed E-state index contributed by atoms with van der Waals surface area (Å²) in [6.45, 7) is 7.67. The predicted octanol–water partition coefficient (Wildman–Crippen LogP) is 0.785. The van der Waals surface area contributed by atoms with Crippen LogP contribution in [0, 0.1) is 11.8 Å². The molecule has 2 rings (SSSR count). The molecule has 0 bridgehead atoms. The topological polar surface area (TPSA) is 58.6 Å². The average molecular weight is 268 g/mol. The summed E-state index contributed by atoms with van der Waals surface area (Å²) in [6.07, 6.45) is 2.04. The maximum absolute atomic E-state index is 12.4. The molecule has 2 heterocycles. The van der Waals surface area contributed by atoms with Crippen LogP contribution in [-0.2, 0) is 14.3 Å². The van der Waals surface area contributed by atoms with Gasteiger partial charge in [-0.2, -0.15) is 0 Å². The summed E-state index contributed by atoms with van der Waals surface area (Å²) in [5.41, 5.74) is 0. The van der Waals surface area contributed by atoms with Gasteiger partial charge in [0.25, 0.3) is 0 Å². The molecule has 5 nitrogen and oxygen atoms in total. The molecule has 108 valence electrons. The van der Waals surface area contributed by atoms with Gasteiger partial charge in [-0.15, -0.1) is 0 Å². The molecule has 0 aromatic heterocycles. The van der Waals surface area contributed by atoms with Gasteiger partial charge in [0.05, 0.1) is 12.6 Å². The van der Waals surface area contributed by atoms with Crippen LogP contribution < -0.4 is 5.32 Å². The number of hydrogen-bond acceptors (Lipinski definition) is 3. The van der Waals surface area contributed by atoms with Gasteiger partial charge in [-0.05, 0) is 19.3 Å². The first-order valence-electron chi connectivity index (χ1n) is 7.22. The zero-order valence-electron chi connectivity index (χ0n) is 12.0. The van der Waals surface area contributed by atoms with Gasteiger partial charge in [-0.3, -0.25) is 9.59 Å². The van der Waals surface area contributed by atoms with Crippen LogP contribution in [0.3, 0.4) is 0 Å². The van der Waals surface area contributed by atoms with Gasteiger partial charge in [0.15, 0.2) is 0 Å². The van der Waals surface area contributed by atoms with Crippen molar-refractivity contribution in [3.05, 3.63) is 0 Å². The Morgan fingerprint density at radius 3 is 2.79 bits per heavy atom. The van der Waals surface area contributed by atoms with Crippen molar-refractivity contribution in [3.8, 4) is 0 Å². The van der Waals surface area contributed by atoms with Crippen molar-refractivity contribution in [2.24, 2.45) is 11.8 Å². The summed E-state index contributed by atoms with van der Waals surface area (Å²) in [5.74, 6) is 0.549. The summed E-state index contributed by atoms with van der Waals surface area (Å²) in [6, 6.07) is -0.358. The molecule has 2 aliphatic rings. The molecule has 0 aliphatic carbocycles. The van der Waals surface area contributed by atoms with Crippen LogP contribution in [0.1, 0.15) is 33.6 Å². The van der Waals surface area contributed by atoms with Crippen molar-refractivity contribution in [2.75, 3.05) is 19.7 Å². The van der Waals surface area contributed by atoms with Crippen LogP contribution in [0.25, 0.3) is 0 Å². The highest BCUT2D eigenvalue weighted by Crippen LogP contribution is 2.23. The van der Waals surface area contributed by atoms with Crippen LogP contribution in [0.15, 0.2) is 0 Å². The van der Waals surface area contributed by atoms with Gasteiger partial charge < -0.3 is 15.0 Å². The van der Waals surface area contributed by atoms with E-state index in [1.54, 1.807) is 4.90 Å². The van der Waals surface area contributed by atoms with Gasteiger partial charge in [-0.25, -0.2) is 0 Å². The van der Waals surface area contributed by atoms with Crippen molar-refractivity contribution < 1.29 is 14.3 Å². The molecule has 0 spiro atoms. The number of piperazine rings is 1. The number of rotatable bonds is 4. The van der Waals surface area contributed by atoms with E-state index in [-0.39, 0.29) is 36.4 Å². The Morgan fingerprint density at radius 1 is 1.47 bits per heavy atom. The van der Waals surface area contributed by atoms with Crippen LogP contribution in [0.4, 0.5) is 0 Å². The number of ether oxygens (including phenoxy) is 1. The van der Waals surface area contributed by atoms with Crippen LogP contribution in [0.5, 0.6) is 0 Å². The smallest absolute Gasteiger partial charge is 0.245 e. The lowest BCUT2D eigenvalue weighted by Crippen LogP contribution is -2.61. The van der Waals surface area contributed by atoms with E-state index in [1.165, 1.54) is 0 Å². The molecule has 0 radical (unpaired) electrons. The third kappa shape index (κ3) is 3.08. The second-order valence-electron chi connectivity index (χ2n) is 5.77. The molecule has 2 saturated heterocycles. The second-order valence-corrected chi connectivity index (χ2v) is 5.77. The maximum atomic E-state index is 12.4. The van der Waals surface area contributed by atoms with Crippen molar-refractivity contribution in [3.63, 3.8) is 0 Å². The Labute approximate surface area is 114 Å². The van der Waals surface area contributed by atoms with Crippen molar-refractivity contribution in [1.82, 2.24) is 10.2 Å². The molecule has 4 atom stereocenters. The number of nitrogens with one attached hydrogen (secondary N) is 1. The van der Waals surface area contributed by atoms with Gasteiger partial charge in [-0.1, -0.05) is 20.3 Å². The zero-order chi connectivity index (χ0) is 14.0. The van der Waals surface area contributed by atoms with E-state index >= 15 is 0 Å². The molecule has 2 aliphatic heterocycles. The number of amides is 2. The molecule has 2 amide bonds. The Hall–Kier alpha value is -1.10. The highest BCUT2D eigenvalue weighted by atomic mass is 16.5. The summed E-state index contributed by atoms with van der Waals surface area (Å²) in [7, 11) is 0. The van der Waals surface area contributed by atoms with E-state index in [0.717, 1.165) is 19.4 Å². The monoisotopic (exact) mass is 268 g/mol. The highest BCUT2D eigenvalue weighted by Gasteiger charge is 2.37. The largest absolute Gasteiger partial charge is 0.378 e. The molecule has 2 fully saturated rings. The lowest BCUT2D eigenvalue weighted by atomic mass is 9.94. The van der Waals surface area contributed by atoms with E-state index in [4.69, 9.17) is 4.74 Å². The summed E-state index contributed by atoms with van der Waals surface area (Å²) in [4.78, 5) is 25.9. The average Bonchev–Trinajstić information content (AvgIpc) is 2.78. The number of carbonyl (C=O) groups excluding carboxylic acids is 2. The maximum Gasteiger partial charge on any atom is 0.245 e. The lowest BCUT2D eigenvalue weighted by molar-refractivity contribution is -0.146. The highest BCUT2D eigenvalue weighted by molar-refractivity contribution is 5.95. The standard InChI is InChI=1S/C14H24N2O3/c1-4-9(2)13-14(18)16(8-12(17)15-13)7-11-5-6-19-10(11)3/h9-11,13H,4-8H2,1-3H3,(H,15,17). The minimum Gasteiger partial charge on any atom is -0.378 e. The van der Waals surface area contributed by atoms with Crippen LogP contribution in [0.2, 0.25) is 0 Å². The minimum absolute atomic E-state index is 0.0449. The first-order valence-corrected chi connectivity index (χ1v) is 7.22. The molecule has 1 N–H and O–H groups in total. The Bertz CT molecular complexity index is 359. The predicted molar refractivity (Wildman–Crippen MR) is 71.5 cm³/mol. The molecule has 0 aromatic carbocycles. The summed E-state index contributed by atoms with van der Waals surface area (Å²) < 4.78 is 5.53. The zero-order valence-corrected chi connectivity index (χ0v) is 12.0. The van der Waals surface area contributed by atoms with Crippen LogP contribution >= 0.6 is 0 Å². The fraction of sp³-hybridized carbons (Fsp3) is 0.857. The van der Waals surface area contributed by atoms with E-state index in [2.05, 4.69) is 5.32 Å². The Morgan fingerprint density at radius 2 is 2.21 bits per heavy atom. The fourth-order valence-electron chi connectivity index (χ4n) is 2.80. The summed E-state index contributed by atoms with van der Waals surface area (Å²) in [5, 5.41) is 2.82. The quantitative estimate of drug-likeness (QED) is 0.820. The second kappa shape index (κ2) is 5.90. The molecular weight excluding hydrogens is 244 g/mol. The first-order chi connectivity index (χ1) is 9.02. The van der Waals surface area contributed by atoms with E-state index in [9.17, 15) is 9.59 Å². The fourth-order valence-corrected chi connectivity index (χ4v) is 2.80. The summed E-state index contributed by atoms with van der Waals surface area (Å²) >= 11 is 0. The SMILES string of the molecule is CCC(C)C1NC(=O)CN(CC2CCOC2C)C1=O. The third-order valence-electron chi connectivity index (χ3n) is 4.43. The minimum atomic E-state index is -0.358. The van der Waals surface area contributed by atoms with Crippen molar-refractivity contribution in [1.29, 1.82) is 0 Å². The lowest BCUT2D eigenvalue weighted by Gasteiger charge is -2.36. The molecule has 5 heteroatoms. The van der Waals surface area contributed by atoms with E-state index < -0.39 is 0 Å². The Kier molecular flexibility index (Phi) is 4.45.